The van der Waals surface area contributed by atoms with Gasteiger partial charge in [-0.2, -0.15) is 0 Å². The summed E-state index contributed by atoms with van der Waals surface area (Å²) in [5.74, 6) is 4.32. The van der Waals surface area contributed by atoms with Crippen LogP contribution in [0.5, 0.6) is 0 Å². The Hall–Kier alpha value is -6.00. The number of rotatable bonds is 9. The molecule has 0 spiro atoms. The third-order valence-corrected chi connectivity index (χ3v) is 13.4. The molecule has 2 aromatic heterocycles. The predicted octanol–water partition coefficient (Wildman–Crippen LogP) is 13.8. The van der Waals surface area contributed by atoms with E-state index >= 15 is 0 Å². The maximum absolute atomic E-state index is 5.26. The van der Waals surface area contributed by atoms with Gasteiger partial charge in [0.2, 0.25) is 0 Å². The molecule has 0 amide bonds. The van der Waals surface area contributed by atoms with Crippen molar-refractivity contribution >= 4 is 11.1 Å². The summed E-state index contributed by atoms with van der Waals surface area (Å²) in [6.45, 7) is 0. The molecule has 2 heterocycles. The van der Waals surface area contributed by atoms with Crippen molar-refractivity contribution in [1.29, 1.82) is 0 Å². The van der Waals surface area contributed by atoms with E-state index in [0.29, 0.717) is 17.8 Å². The molecule has 0 aliphatic heterocycles. The molecule has 0 saturated heterocycles. The normalized spacial score (nSPS) is 26.8. The maximum atomic E-state index is 5.26. The summed E-state index contributed by atoms with van der Waals surface area (Å²) in [6, 6.07) is 11.4. The van der Waals surface area contributed by atoms with E-state index in [2.05, 4.69) is 170 Å². The van der Waals surface area contributed by atoms with Crippen LogP contribution in [0, 0.1) is 11.8 Å². The molecule has 298 valence electrons. The Balaban J connectivity index is 0.974. The summed E-state index contributed by atoms with van der Waals surface area (Å²) in [5, 5.41) is 0. The number of hydrogen-bond donors (Lipinski definition) is 0. The summed E-state index contributed by atoms with van der Waals surface area (Å²) in [6.07, 6.45) is 63.0. The third kappa shape index (κ3) is 8.39. The zero-order valence-corrected chi connectivity index (χ0v) is 34.5. The Bertz CT molecular complexity index is 2540. The van der Waals surface area contributed by atoms with Gasteiger partial charge in [0, 0.05) is 52.5 Å². The first kappa shape index (κ1) is 38.2. The molecular weight excluding hydrogens is 729 g/mol. The smallest absolute Gasteiger partial charge is 0.163 e. The third-order valence-electron chi connectivity index (χ3n) is 13.4. The number of pyridine rings is 1. The van der Waals surface area contributed by atoms with Gasteiger partial charge in [-0.25, -0.2) is 15.0 Å². The number of benzene rings is 1. The lowest BCUT2D eigenvalue weighted by Gasteiger charge is -2.24. The maximum Gasteiger partial charge on any atom is 0.163 e. The van der Waals surface area contributed by atoms with Crippen LogP contribution in [0.2, 0.25) is 0 Å². The minimum Gasteiger partial charge on any atom is -0.260 e. The van der Waals surface area contributed by atoms with Crippen LogP contribution in [-0.4, -0.2) is 19.9 Å². The second-order valence-electron chi connectivity index (χ2n) is 17.3. The van der Waals surface area contributed by atoms with Gasteiger partial charge in [0.05, 0.1) is 5.69 Å². The quantitative estimate of drug-likeness (QED) is 0.203. The molecule has 10 rings (SSSR count). The highest BCUT2D eigenvalue weighted by molar-refractivity contribution is 5.78. The van der Waals surface area contributed by atoms with E-state index in [0.717, 1.165) is 86.4 Å². The van der Waals surface area contributed by atoms with Crippen molar-refractivity contribution in [1.82, 2.24) is 19.9 Å². The second kappa shape index (κ2) is 17.7. The van der Waals surface area contributed by atoms with Gasteiger partial charge in [-0.05, 0) is 105 Å². The van der Waals surface area contributed by atoms with E-state index in [4.69, 9.17) is 19.9 Å². The Labute approximate surface area is 356 Å². The van der Waals surface area contributed by atoms with Crippen LogP contribution in [0.3, 0.4) is 0 Å². The molecule has 6 atom stereocenters. The monoisotopic (exact) mass is 782 g/mol. The van der Waals surface area contributed by atoms with Crippen molar-refractivity contribution in [3.63, 3.8) is 0 Å². The lowest BCUT2D eigenvalue weighted by Crippen LogP contribution is -2.12. The summed E-state index contributed by atoms with van der Waals surface area (Å²) in [4.78, 5) is 20.9. The molecule has 0 fully saturated rings. The van der Waals surface area contributed by atoms with E-state index < -0.39 is 0 Å². The molecule has 3 aromatic rings. The Morgan fingerprint density at radius 1 is 0.550 bits per heavy atom. The van der Waals surface area contributed by atoms with E-state index in [-0.39, 0.29) is 17.8 Å². The number of aromatic nitrogens is 4. The van der Waals surface area contributed by atoms with Gasteiger partial charge in [0.15, 0.2) is 11.6 Å². The predicted molar refractivity (Wildman–Crippen MR) is 248 cm³/mol. The van der Waals surface area contributed by atoms with E-state index in [1.807, 2.05) is 0 Å². The van der Waals surface area contributed by atoms with Crippen molar-refractivity contribution in [2.24, 2.45) is 11.8 Å². The second-order valence-corrected chi connectivity index (χ2v) is 17.3. The number of allylic oxidation sites excluding steroid dienone is 26. The molecule has 1 aromatic carbocycles. The van der Waals surface area contributed by atoms with Crippen LogP contribution in [0.4, 0.5) is 0 Å². The van der Waals surface area contributed by atoms with Gasteiger partial charge in [0.25, 0.3) is 0 Å². The van der Waals surface area contributed by atoms with Gasteiger partial charge in [-0.1, -0.05) is 157 Å². The van der Waals surface area contributed by atoms with Crippen molar-refractivity contribution in [2.45, 2.75) is 87.9 Å². The van der Waals surface area contributed by atoms with Gasteiger partial charge < -0.3 is 0 Å². The zero-order valence-electron chi connectivity index (χ0n) is 34.5. The van der Waals surface area contributed by atoms with Crippen LogP contribution in [0.15, 0.2) is 181 Å². The Morgan fingerprint density at radius 2 is 1.40 bits per heavy atom. The SMILES string of the molecule is C1=CCCC(C2C=CC(c3nc(-c4cccc(C5C=C(c6cc(C7CC=CCC7)cnc6C6C=CC=CC6)C=CC5)c4)nc(C4C=CC(C5C=CC=CC5)=CC4)n3)=CC2)=C1. The molecule has 6 unspecified atom stereocenters. The average Bonchev–Trinajstić information content (AvgIpc) is 3.35. The summed E-state index contributed by atoms with van der Waals surface area (Å²) < 4.78 is 0. The first-order chi connectivity index (χ1) is 29.7. The van der Waals surface area contributed by atoms with Gasteiger partial charge in [0.1, 0.15) is 5.82 Å². The molecule has 0 bridgehead atoms. The lowest BCUT2D eigenvalue weighted by molar-refractivity contribution is 0.613. The fourth-order valence-corrected chi connectivity index (χ4v) is 9.86. The molecule has 0 N–H and O–H groups in total. The minimum atomic E-state index is 0.0901. The van der Waals surface area contributed by atoms with Crippen LogP contribution in [-0.2, 0) is 0 Å². The van der Waals surface area contributed by atoms with Crippen molar-refractivity contribution in [2.75, 3.05) is 0 Å². The van der Waals surface area contributed by atoms with Crippen molar-refractivity contribution < 1.29 is 0 Å². The number of hydrogen-bond acceptors (Lipinski definition) is 4. The van der Waals surface area contributed by atoms with Crippen molar-refractivity contribution in [3.8, 4) is 11.4 Å². The first-order valence-electron chi connectivity index (χ1n) is 22.4. The standard InChI is InChI=1S/C56H54N4/c1-5-15-39(16-6-1)42-27-31-45(32-28-42)54-58-55(46-33-29-43(30-34-46)40-17-7-2-8-18-40)60-56(59-54)50-26-14-24-48(36-50)47-23-13-25-49(35-47)52-37-51(41-19-9-3-10-20-41)38-57-53(52)44-21-11-4-12-22-44/h1-7,9,11-15,17,21,24-29,31,33-39,41,43-45,47H,8,10,16,18-20,22-23,30,32H2. The highest BCUT2D eigenvalue weighted by Gasteiger charge is 2.25. The van der Waals surface area contributed by atoms with Crippen LogP contribution < -0.4 is 0 Å². The largest absolute Gasteiger partial charge is 0.260 e. The molecule has 7 aliphatic carbocycles. The topological polar surface area (TPSA) is 51.6 Å². The fourth-order valence-electron chi connectivity index (χ4n) is 9.86. The highest BCUT2D eigenvalue weighted by Crippen LogP contribution is 2.40. The summed E-state index contributed by atoms with van der Waals surface area (Å²) in [5.41, 5.74) is 11.4. The van der Waals surface area contributed by atoms with E-state index in [1.54, 1.807) is 0 Å². The van der Waals surface area contributed by atoms with Gasteiger partial charge in [-0.3, -0.25) is 4.98 Å². The molecule has 60 heavy (non-hydrogen) atoms. The van der Waals surface area contributed by atoms with E-state index in [1.165, 1.54) is 45.5 Å². The Kier molecular flexibility index (Phi) is 11.3. The molecule has 0 saturated carbocycles. The van der Waals surface area contributed by atoms with Gasteiger partial charge >= 0.3 is 0 Å². The van der Waals surface area contributed by atoms with Crippen LogP contribution in [0.1, 0.15) is 122 Å². The van der Waals surface area contributed by atoms with Gasteiger partial charge in [-0.15, -0.1) is 0 Å². The molecule has 0 radical (unpaired) electrons. The zero-order chi connectivity index (χ0) is 40.1. The van der Waals surface area contributed by atoms with Crippen LogP contribution >= 0.6 is 0 Å². The summed E-state index contributed by atoms with van der Waals surface area (Å²) >= 11 is 0. The molecule has 7 aliphatic rings. The highest BCUT2D eigenvalue weighted by atomic mass is 15.0. The lowest BCUT2D eigenvalue weighted by atomic mass is 9.82. The fraction of sp³-hybridized carbons (Fsp3) is 0.286. The number of nitrogens with zero attached hydrogens (tertiary/aromatic N) is 4. The molecule has 4 nitrogen and oxygen atoms in total. The first-order valence-corrected chi connectivity index (χ1v) is 22.4. The van der Waals surface area contributed by atoms with Crippen LogP contribution in [0.25, 0.3) is 22.5 Å². The minimum absolute atomic E-state index is 0.0901. The Morgan fingerprint density at radius 3 is 2.17 bits per heavy atom. The molecular formula is C56H54N4. The average molecular weight is 783 g/mol. The summed E-state index contributed by atoms with van der Waals surface area (Å²) in [7, 11) is 0. The van der Waals surface area contributed by atoms with E-state index in [9.17, 15) is 0 Å². The van der Waals surface area contributed by atoms with Crippen molar-refractivity contribution in [3.05, 3.63) is 215 Å². The molecule has 4 heteroatoms.